The zero-order valence-corrected chi connectivity index (χ0v) is 11.9. The molecule has 2 aromatic rings. The summed E-state index contributed by atoms with van der Waals surface area (Å²) in [5.41, 5.74) is 1.98. The van der Waals surface area contributed by atoms with E-state index in [9.17, 15) is 8.78 Å². The van der Waals surface area contributed by atoms with E-state index >= 15 is 0 Å². The van der Waals surface area contributed by atoms with Gasteiger partial charge in [-0.25, -0.2) is 8.78 Å². The number of aryl methyl sites for hydroxylation is 1. The monoisotopic (exact) mass is 327 g/mol. The highest BCUT2D eigenvalue weighted by atomic mass is 79.9. The molecule has 0 saturated carbocycles. The van der Waals surface area contributed by atoms with Crippen LogP contribution in [0.5, 0.6) is 5.75 Å². The molecule has 0 aliphatic carbocycles. The van der Waals surface area contributed by atoms with Gasteiger partial charge < -0.3 is 4.74 Å². The molecule has 100 valence electrons. The minimum atomic E-state index is -0.706. The summed E-state index contributed by atoms with van der Waals surface area (Å²) in [5, 5.41) is 0.389. The normalized spacial score (nSPS) is 10.5. The van der Waals surface area contributed by atoms with Crippen molar-refractivity contribution in [1.82, 2.24) is 4.98 Å². The summed E-state index contributed by atoms with van der Waals surface area (Å²) >= 11 is 3.15. The van der Waals surface area contributed by atoms with Gasteiger partial charge in [-0.3, -0.25) is 4.98 Å². The van der Waals surface area contributed by atoms with E-state index < -0.39 is 11.6 Å². The Bertz CT molecular complexity index is 566. The van der Waals surface area contributed by atoms with Gasteiger partial charge in [-0.1, -0.05) is 22.0 Å². The predicted molar refractivity (Wildman–Crippen MR) is 72.3 cm³/mol. The largest absolute Gasteiger partial charge is 0.481 e. The first kappa shape index (κ1) is 13.9. The summed E-state index contributed by atoms with van der Waals surface area (Å²) in [6, 6.07) is 7.90. The van der Waals surface area contributed by atoms with E-state index in [1.165, 1.54) is 12.1 Å². The van der Waals surface area contributed by atoms with E-state index in [4.69, 9.17) is 4.74 Å². The number of alkyl halides is 1. The molecule has 2 rings (SSSR count). The fourth-order valence-electron chi connectivity index (χ4n) is 1.65. The summed E-state index contributed by atoms with van der Waals surface area (Å²) in [4.78, 5) is 4.20. The molecule has 2 nitrogen and oxygen atoms in total. The maximum Gasteiger partial charge on any atom is 0.191 e. The zero-order valence-electron chi connectivity index (χ0n) is 10.3. The fraction of sp³-hybridized carbons (Fsp3) is 0.214. The minimum absolute atomic E-state index is 0.0309. The van der Waals surface area contributed by atoms with Crippen LogP contribution in [0.1, 0.15) is 17.0 Å². The van der Waals surface area contributed by atoms with Crippen LogP contribution in [0.25, 0.3) is 0 Å². The second-order valence-electron chi connectivity index (χ2n) is 4.08. The summed E-state index contributed by atoms with van der Waals surface area (Å²) < 4.78 is 32.5. The average molecular weight is 328 g/mol. The molecule has 0 spiro atoms. The van der Waals surface area contributed by atoms with Crippen molar-refractivity contribution in [2.75, 3.05) is 0 Å². The molecule has 0 aliphatic heterocycles. The maximum atomic E-state index is 13.7. The second kappa shape index (κ2) is 6.10. The first-order valence-corrected chi connectivity index (χ1v) is 6.81. The molecule has 0 radical (unpaired) electrons. The van der Waals surface area contributed by atoms with Gasteiger partial charge in [0.1, 0.15) is 6.61 Å². The van der Waals surface area contributed by atoms with Gasteiger partial charge in [0.05, 0.1) is 5.69 Å². The lowest BCUT2D eigenvalue weighted by Gasteiger charge is -2.09. The lowest BCUT2D eigenvalue weighted by atomic mass is 10.2. The third kappa shape index (κ3) is 3.50. The fourth-order valence-corrected chi connectivity index (χ4v) is 1.98. The Labute approximate surface area is 118 Å². The number of aromatic nitrogens is 1. The summed E-state index contributed by atoms with van der Waals surface area (Å²) in [6.45, 7) is 1.87. The smallest absolute Gasteiger partial charge is 0.191 e. The standard InChI is InChI=1S/C14H12BrF2NO/c1-9-3-2-4-11(18-9)8-19-14-12(16)5-10(7-15)6-13(14)17/h2-6H,7-8H2,1H3. The molecule has 0 aliphatic rings. The molecule has 1 aromatic carbocycles. The SMILES string of the molecule is Cc1cccc(COc2c(F)cc(CBr)cc2F)n1. The number of hydrogen-bond acceptors (Lipinski definition) is 2. The van der Waals surface area contributed by atoms with Crippen LogP contribution in [0.15, 0.2) is 30.3 Å². The molecule has 0 fully saturated rings. The van der Waals surface area contributed by atoms with Crippen LogP contribution < -0.4 is 4.74 Å². The number of pyridine rings is 1. The van der Waals surface area contributed by atoms with E-state index in [0.29, 0.717) is 16.6 Å². The number of nitrogens with zero attached hydrogens (tertiary/aromatic N) is 1. The minimum Gasteiger partial charge on any atom is -0.481 e. The van der Waals surface area contributed by atoms with Crippen molar-refractivity contribution < 1.29 is 13.5 Å². The first-order chi connectivity index (χ1) is 9.10. The Hall–Kier alpha value is -1.49. The Morgan fingerprint density at radius 2 is 1.89 bits per heavy atom. The molecule has 5 heteroatoms. The molecule has 0 saturated heterocycles. The highest BCUT2D eigenvalue weighted by Gasteiger charge is 2.12. The summed E-state index contributed by atoms with van der Waals surface area (Å²) in [6.07, 6.45) is 0. The van der Waals surface area contributed by atoms with Gasteiger partial charge in [0, 0.05) is 11.0 Å². The molecular formula is C14H12BrF2NO. The van der Waals surface area contributed by atoms with E-state index in [1.807, 2.05) is 19.1 Å². The summed E-state index contributed by atoms with van der Waals surface area (Å²) in [7, 11) is 0. The Kier molecular flexibility index (Phi) is 4.47. The molecule has 0 unspecified atom stereocenters. The van der Waals surface area contributed by atoms with Crippen molar-refractivity contribution in [2.45, 2.75) is 18.9 Å². The van der Waals surface area contributed by atoms with Crippen molar-refractivity contribution in [1.29, 1.82) is 0 Å². The number of rotatable bonds is 4. The maximum absolute atomic E-state index is 13.7. The van der Waals surface area contributed by atoms with E-state index in [0.717, 1.165) is 5.69 Å². The molecule has 0 bridgehead atoms. The van der Waals surface area contributed by atoms with Crippen LogP contribution in [0.4, 0.5) is 8.78 Å². The topological polar surface area (TPSA) is 22.1 Å². The number of ether oxygens (including phenoxy) is 1. The Morgan fingerprint density at radius 1 is 1.21 bits per heavy atom. The third-order valence-corrected chi connectivity index (χ3v) is 3.17. The van der Waals surface area contributed by atoms with E-state index in [2.05, 4.69) is 20.9 Å². The average Bonchev–Trinajstić information content (AvgIpc) is 2.37. The van der Waals surface area contributed by atoms with Gasteiger partial charge in [-0.2, -0.15) is 0 Å². The predicted octanol–water partition coefficient (Wildman–Crippen LogP) is 4.14. The lowest BCUT2D eigenvalue weighted by molar-refractivity contribution is 0.270. The molecule has 19 heavy (non-hydrogen) atoms. The van der Waals surface area contributed by atoms with Gasteiger partial charge in [0.15, 0.2) is 17.4 Å². The van der Waals surface area contributed by atoms with Crippen molar-refractivity contribution >= 4 is 15.9 Å². The molecule has 1 heterocycles. The Balaban J connectivity index is 2.16. The van der Waals surface area contributed by atoms with Crippen LogP contribution in [0.2, 0.25) is 0 Å². The summed E-state index contributed by atoms with van der Waals surface area (Å²) in [5.74, 6) is -1.78. The number of halogens is 3. The molecule has 0 N–H and O–H groups in total. The van der Waals surface area contributed by atoms with Crippen molar-refractivity contribution in [3.8, 4) is 5.75 Å². The number of hydrogen-bond donors (Lipinski definition) is 0. The van der Waals surface area contributed by atoms with Crippen molar-refractivity contribution in [3.63, 3.8) is 0 Å². The van der Waals surface area contributed by atoms with Crippen LogP contribution >= 0.6 is 15.9 Å². The quantitative estimate of drug-likeness (QED) is 0.787. The molecule has 0 amide bonds. The van der Waals surface area contributed by atoms with Crippen molar-refractivity contribution in [3.05, 3.63) is 58.9 Å². The Morgan fingerprint density at radius 3 is 2.47 bits per heavy atom. The lowest BCUT2D eigenvalue weighted by Crippen LogP contribution is -2.03. The number of benzene rings is 1. The van der Waals surface area contributed by atoms with E-state index in [1.54, 1.807) is 6.07 Å². The molecule has 1 aromatic heterocycles. The highest BCUT2D eigenvalue weighted by Crippen LogP contribution is 2.25. The van der Waals surface area contributed by atoms with Gasteiger partial charge in [0.25, 0.3) is 0 Å². The van der Waals surface area contributed by atoms with Gasteiger partial charge >= 0.3 is 0 Å². The van der Waals surface area contributed by atoms with Gasteiger partial charge in [-0.15, -0.1) is 0 Å². The van der Waals surface area contributed by atoms with Gasteiger partial charge in [0.2, 0.25) is 0 Å². The molecule has 0 atom stereocenters. The second-order valence-corrected chi connectivity index (χ2v) is 4.64. The van der Waals surface area contributed by atoms with Crippen molar-refractivity contribution in [2.24, 2.45) is 0 Å². The third-order valence-electron chi connectivity index (χ3n) is 2.52. The zero-order chi connectivity index (χ0) is 13.8. The van der Waals surface area contributed by atoms with Crippen LogP contribution in [-0.2, 0) is 11.9 Å². The van der Waals surface area contributed by atoms with Crippen LogP contribution in [-0.4, -0.2) is 4.98 Å². The first-order valence-electron chi connectivity index (χ1n) is 5.69. The molecular weight excluding hydrogens is 316 g/mol. The van der Waals surface area contributed by atoms with Crippen LogP contribution in [0.3, 0.4) is 0 Å². The highest BCUT2D eigenvalue weighted by molar-refractivity contribution is 9.08. The van der Waals surface area contributed by atoms with E-state index in [-0.39, 0.29) is 12.4 Å². The van der Waals surface area contributed by atoms with Gasteiger partial charge in [-0.05, 0) is 36.8 Å². The van der Waals surface area contributed by atoms with Crippen LogP contribution in [0, 0.1) is 18.6 Å².